The Balaban J connectivity index is 1.82. The molecule has 1 aliphatic rings. The van der Waals surface area contributed by atoms with Crippen molar-refractivity contribution in [1.82, 2.24) is 5.32 Å². The monoisotopic (exact) mass is 219 g/mol. The molecule has 1 aromatic carbocycles. The average Bonchev–Trinajstić information content (AvgIpc) is 2.29. The van der Waals surface area contributed by atoms with Crippen molar-refractivity contribution in [2.45, 2.75) is 32.2 Å². The van der Waals surface area contributed by atoms with E-state index in [2.05, 4.69) is 43.4 Å². The molecule has 0 radical (unpaired) electrons. The highest BCUT2D eigenvalue weighted by molar-refractivity contribution is 5.40. The first kappa shape index (κ1) is 11.6. The molecule has 2 heteroatoms. The van der Waals surface area contributed by atoms with Crippen molar-refractivity contribution >= 4 is 0 Å². The molecule has 3 atom stereocenters. The van der Waals surface area contributed by atoms with Crippen molar-refractivity contribution in [2.75, 3.05) is 13.2 Å². The molecule has 1 aliphatic carbocycles. The maximum Gasteiger partial charge on any atom is 0.0471 e. The minimum Gasteiger partial charge on any atom is -0.396 e. The van der Waals surface area contributed by atoms with Gasteiger partial charge in [0.15, 0.2) is 0 Å². The first-order chi connectivity index (χ1) is 7.72. The number of benzene rings is 1. The van der Waals surface area contributed by atoms with Crippen LogP contribution < -0.4 is 5.32 Å². The summed E-state index contributed by atoms with van der Waals surface area (Å²) in [5.74, 6) is 1.000. The molecule has 16 heavy (non-hydrogen) atoms. The number of nitrogens with one attached hydrogen (secondary N) is 1. The summed E-state index contributed by atoms with van der Waals surface area (Å²) in [6, 6.07) is 9.05. The summed E-state index contributed by atoms with van der Waals surface area (Å²) in [7, 11) is 0. The first-order valence-corrected chi connectivity index (χ1v) is 6.14. The third-order valence-electron chi connectivity index (χ3n) is 3.79. The summed E-state index contributed by atoms with van der Waals surface area (Å²) in [5.41, 5.74) is 3.00. The van der Waals surface area contributed by atoms with Gasteiger partial charge < -0.3 is 10.4 Å². The SMILES string of the molecule is CC(CO)C(C)NCC1Cc2ccccc21. The molecule has 88 valence electrons. The molecule has 0 amide bonds. The van der Waals surface area contributed by atoms with Crippen molar-refractivity contribution in [2.24, 2.45) is 5.92 Å². The predicted molar refractivity (Wildman–Crippen MR) is 66.6 cm³/mol. The Labute approximate surface area is 97.7 Å². The summed E-state index contributed by atoms with van der Waals surface area (Å²) >= 11 is 0. The van der Waals surface area contributed by atoms with Crippen molar-refractivity contribution in [3.8, 4) is 0 Å². The van der Waals surface area contributed by atoms with Crippen molar-refractivity contribution in [1.29, 1.82) is 0 Å². The Morgan fingerprint density at radius 1 is 1.38 bits per heavy atom. The lowest BCUT2D eigenvalue weighted by Gasteiger charge is -2.32. The highest BCUT2D eigenvalue weighted by Crippen LogP contribution is 2.34. The lowest BCUT2D eigenvalue weighted by molar-refractivity contribution is 0.206. The first-order valence-electron chi connectivity index (χ1n) is 6.14. The second-order valence-corrected chi connectivity index (χ2v) is 4.96. The van der Waals surface area contributed by atoms with E-state index in [4.69, 9.17) is 5.11 Å². The second-order valence-electron chi connectivity index (χ2n) is 4.96. The van der Waals surface area contributed by atoms with E-state index >= 15 is 0 Å². The molecular formula is C14H21NO. The molecule has 2 N–H and O–H groups in total. The summed E-state index contributed by atoms with van der Waals surface area (Å²) in [5, 5.41) is 12.6. The maximum atomic E-state index is 9.06. The maximum absolute atomic E-state index is 9.06. The van der Waals surface area contributed by atoms with E-state index in [1.54, 1.807) is 0 Å². The van der Waals surface area contributed by atoms with Gasteiger partial charge in [-0.05, 0) is 30.4 Å². The van der Waals surface area contributed by atoms with E-state index in [-0.39, 0.29) is 6.61 Å². The van der Waals surface area contributed by atoms with E-state index in [9.17, 15) is 0 Å². The zero-order valence-electron chi connectivity index (χ0n) is 10.1. The van der Waals surface area contributed by atoms with Gasteiger partial charge in [-0.1, -0.05) is 31.2 Å². The fourth-order valence-electron chi connectivity index (χ4n) is 2.23. The molecule has 1 aromatic rings. The van der Waals surface area contributed by atoms with E-state index in [0.717, 1.165) is 6.54 Å². The van der Waals surface area contributed by atoms with Gasteiger partial charge in [-0.15, -0.1) is 0 Å². The second kappa shape index (κ2) is 4.98. The van der Waals surface area contributed by atoms with E-state index in [0.29, 0.717) is 17.9 Å². The number of rotatable bonds is 5. The minimum absolute atomic E-state index is 0.259. The molecule has 0 aromatic heterocycles. The topological polar surface area (TPSA) is 32.3 Å². The average molecular weight is 219 g/mol. The lowest BCUT2D eigenvalue weighted by atomic mass is 9.77. The molecular weight excluding hydrogens is 198 g/mol. The summed E-state index contributed by atoms with van der Waals surface area (Å²) < 4.78 is 0. The smallest absolute Gasteiger partial charge is 0.0471 e. The van der Waals surface area contributed by atoms with Crippen LogP contribution in [0.25, 0.3) is 0 Å². The van der Waals surface area contributed by atoms with E-state index in [1.165, 1.54) is 17.5 Å². The Kier molecular flexibility index (Phi) is 3.62. The summed E-state index contributed by atoms with van der Waals surface area (Å²) in [6.07, 6.45) is 1.20. The third kappa shape index (κ3) is 2.28. The molecule has 0 heterocycles. The fraction of sp³-hybridized carbons (Fsp3) is 0.571. The van der Waals surface area contributed by atoms with E-state index < -0.39 is 0 Å². The molecule has 0 spiro atoms. The summed E-state index contributed by atoms with van der Waals surface area (Å²) in [4.78, 5) is 0. The Morgan fingerprint density at radius 2 is 2.12 bits per heavy atom. The molecule has 2 nitrogen and oxygen atoms in total. The van der Waals surface area contributed by atoms with Gasteiger partial charge in [0.1, 0.15) is 0 Å². The molecule has 2 rings (SSSR count). The lowest BCUT2D eigenvalue weighted by Crippen LogP contribution is -2.38. The standard InChI is InChI=1S/C14H21NO/c1-10(9-16)11(2)15-8-13-7-12-5-3-4-6-14(12)13/h3-6,10-11,13,15-16H,7-9H2,1-2H3. The fourth-order valence-corrected chi connectivity index (χ4v) is 2.23. The number of aliphatic hydroxyl groups is 1. The highest BCUT2D eigenvalue weighted by Gasteiger charge is 2.25. The van der Waals surface area contributed by atoms with Gasteiger partial charge in [0.25, 0.3) is 0 Å². The normalized spacial score (nSPS) is 22.1. The van der Waals surface area contributed by atoms with Gasteiger partial charge in [0.2, 0.25) is 0 Å². The summed E-state index contributed by atoms with van der Waals surface area (Å²) in [6.45, 7) is 5.51. The van der Waals surface area contributed by atoms with Crippen LogP contribution in [-0.4, -0.2) is 24.3 Å². The zero-order chi connectivity index (χ0) is 11.5. The highest BCUT2D eigenvalue weighted by atomic mass is 16.3. The van der Waals surface area contributed by atoms with Gasteiger partial charge in [-0.25, -0.2) is 0 Å². The number of hydrogen-bond donors (Lipinski definition) is 2. The number of fused-ring (bicyclic) bond motifs is 1. The molecule has 0 aliphatic heterocycles. The van der Waals surface area contributed by atoms with Crippen LogP contribution in [-0.2, 0) is 6.42 Å². The minimum atomic E-state index is 0.259. The van der Waals surface area contributed by atoms with Gasteiger partial charge in [0.05, 0.1) is 0 Å². The molecule has 0 bridgehead atoms. The van der Waals surface area contributed by atoms with E-state index in [1.807, 2.05) is 0 Å². The van der Waals surface area contributed by atoms with Crippen molar-refractivity contribution in [3.63, 3.8) is 0 Å². The van der Waals surface area contributed by atoms with Crippen LogP contribution in [0.5, 0.6) is 0 Å². The Bertz CT molecular complexity index is 350. The van der Waals surface area contributed by atoms with Crippen molar-refractivity contribution in [3.05, 3.63) is 35.4 Å². The zero-order valence-corrected chi connectivity index (χ0v) is 10.1. The van der Waals surface area contributed by atoms with Crippen LogP contribution in [0.4, 0.5) is 0 Å². The quantitative estimate of drug-likeness (QED) is 0.793. The van der Waals surface area contributed by atoms with Gasteiger partial charge in [-0.3, -0.25) is 0 Å². The molecule has 0 saturated carbocycles. The molecule has 0 fully saturated rings. The van der Waals surface area contributed by atoms with Gasteiger partial charge >= 0.3 is 0 Å². The van der Waals surface area contributed by atoms with Crippen LogP contribution in [0.3, 0.4) is 0 Å². The Morgan fingerprint density at radius 3 is 2.81 bits per heavy atom. The molecule has 3 unspecified atom stereocenters. The van der Waals surface area contributed by atoms with Crippen LogP contribution in [0.2, 0.25) is 0 Å². The number of hydrogen-bond acceptors (Lipinski definition) is 2. The predicted octanol–water partition coefficient (Wildman–Crippen LogP) is 1.93. The van der Waals surface area contributed by atoms with Crippen LogP contribution in [0, 0.1) is 5.92 Å². The van der Waals surface area contributed by atoms with Crippen LogP contribution >= 0.6 is 0 Å². The number of aliphatic hydroxyl groups excluding tert-OH is 1. The van der Waals surface area contributed by atoms with Crippen molar-refractivity contribution < 1.29 is 5.11 Å². The molecule has 0 saturated heterocycles. The Hall–Kier alpha value is -0.860. The van der Waals surface area contributed by atoms with Crippen LogP contribution in [0.1, 0.15) is 30.9 Å². The largest absolute Gasteiger partial charge is 0.396 e. The van der Waals surface area contributed by atoms with Gasteiger partial charge in [0, 0.05) is 25.1 Å². The van der Waals surface area contributed by atoms with Crippen LogP contribution in [0.15, 0.2) is 24.3 Å². The third-order valence-corrected chi connectivity index (χ3v) is 3.79. The van der Waals surface area contributed by atoms with Gasteiger partial charge in [-0.2, -0.15) is 0 Å².